The zero-order valence-electron chi connectivity index (χ0n) is 15.7. The monoisotopic (exact) mass is 381 g/mol. The molecule has 0 saturated carbocycles. The SMILES string of the molecule is Cn1nccc1[C@H](O)c1cc2n(n1)CCCN(C(=O)Cc1cccc(O)c1)C2. The van der Waals surface area contributed by atoms with Gasteiger partial charge in [-0.3, -0.25) is 14.2 Å². The lowest BCUT2D eigenvalue weighted by molar-refractivity contribution is -0.131. The third-order valence-corrected chi connectivity index (χ3v) is 5.07. The summed E-state index contributed by atoms with van der Waals surface area (Å²) in [5, 5.41) is 28.9. The van der Waals surface area contributed by atoms with Crippen molar-refractivity contribution in [3.05, 3.63) is 65.2 Å². The molecule has 2 N–H and O–H groups in total. The van der Waals surface area contributed by atoms with Gasteiger partial charge in [0.1, 0.15) is 11.9 Å². The summed E-state index contributed by atoms with van der Waals surface area (Å²) < 4.78 is 3.50. The summed E-state index contributed by atoms with van der Waals surface area (Å²) in [5.74, 6) is 0.169. The van der Waals surface area contributed by atoms with Crippen LogP contribution >= 0.6 is 0 Å². The molecule has 8 nitrogen and oxygen atoms in total. The molecule has 0 radical (unpaired) electrons. The predicted molar refractivity (Wildman–Crippen MR) is 101 cm³/mol. The fourth-order valence-electron chi connectivity index (χ4n) is 3.59. The zero-order chi connectivity index (χ0) is 19.7. The highest BCUT2D eigenvalue weighted by Gasteiger charge is 2.24. The number of aromatic hydroxyl groups is 1. The molecule has 0 unspecified atom stereocenters. The van der Waals surface area contributed by atoms with E-state index in [2.05, 4.69) is 10.2 Å². The molecule has 1 amide bonds. The van der Waals surface area contributed by atoms with Gasteiger partial charge in [0.05, 0.1) is 30.0 Å². The molecule has 3 aromatic rings. The number of aliphatic hydroxyl groups is 1. The fraction of sp³-hybridized carbons (Fsp3) is 0.350. The van der Waals surface area contributed by atoms with E-state index in [0.29, 0.717) is 31.0 Å². The van der Waals surface area contributed by atoms with Crippen molar-refractivity contribution in [3.63, 3.8) is 0 Å². The number of phenols is 1. The topological polar surface area (TPSA) is 96.4 Å². The number of carbonyl (C=O) groups excluding carboxylic acids is 1. The minimum absolute atomic E-state index is 0.00832. The first-order valence-corrected chi connectivity index (χ1v) is 9.29. The summed E-state index contributed by atoms with van der Waals surface area (Å²) >= 11 is 0. The molecule has 0 aliphatic carbocycles. The summed E-state index contributed by atoms with van der Waals surface area (Å²) in [6.07, 6.45) is 1.82. The highest BCUT2D eigenvalue weighted by atomic mass is 16.3. The van der Waals surface area contributed by atoms with Gasteiger partial charge in [-0.2, -0.15) is 10.2 Å². The van der Waals surface area contributed by atoms with Crippen LogP contribution in [0.25, 0.3) is 0 Å². The molecule has 3 heterocycles. The Bertz CT molecular complexity index is 993. The third-order valence-electron chi connectivity index (χ3n) is 5.07. The highest BCUT2D eigenvalue weighted by Crippen LogP contribution is 2.23. The van der Waals surface area contributed by atoms with Crippen molar-refractivity contribution < 1.29 is 15.0 Å². The average molecular weight is 381 g/mol. The third kappa shape index (κ3) is 3.63. The summed E-state index contributed by atoms with van der Waals surface area (Å²) in [7, 11) is 1.78. The highest BCUT2D eigenvalue weighted by molar-refractivity contribution is 5.78. The Morgan fingerprint density at radius 3 is 2.86 bits per heavy atom. The maximum Gasteiger partial charge on any atom is 0.227 e. The van der Waals surface area contributed by atoms with Crippen LogP contribution in [0.3, 0.4) is 0 Å². The molecule has 146 valence electrons. The molecule has 0 bridgehead atoms. The Hall–Kier alpha value is -3.13. The minimum Gasteiger partial charge on any atom is -0.508 e. The van der Waals surface area contributed by atoms with Crippen LogP contribution in [0.4, 0.5) is 0 Å². The van der Waals surface area contributed by atoms with E-state index in [1.54, 1.807) is 42.2 Å². The van der Waals surface area contributed by atoms with E-state index in [-0.39, 0.29) is 18.1 Å². The van der Waals surface area contributed by atoms with Crippen molar-refractivity contribution in [3.8, 4) is 5.75 Å². The minimum atomic E-state index is -0.858. The number of fused-ring (bicyclic) bond motifs is 1. The van der Waals surface area contributed by atoms with Crippen LogP contribution in [0, 0.1) is 0 Å². The van der Waals surface area contributed by atoms with Crippen molar-refractivity contribution in [1.29, 1.82) is 0 Å². The molecule has 0 fully saturated rings. The number of phenolic OH excluding ortho intramolecular Hbond substituents is 1. The van der Waals surface area contributed by atoms with E-state index >= 15 is 0 Å². The Balaban J connectivity index is 1.51. The van der Waals surface area contributed by atoms with E-state index in [9.17, 15) is 15.0 Å². The quantitative estimate of drug-likeness (QED) is 0.712. The van der Waals surface area contributed by atoms with Gasteiger partial charge in [0.25, 0.3) is 0 Å². The van der Waals surface area contributed by atoms with Crippen LogP contribution in [0.2, 0.25) is 0 Å². The summed E-state index contributed by atoms with van der Waals surface area (Å²) in [6, 6.07) is 10.4. The Morgan fingerprint density at radius 1 is 1.25 bits per heavy atom. The van der Waals surface area contributed by atoms with E-state index < -0.39 is 6.10 Å². The van der Waals surface area contributed by atoms with Crippen molar-refractivity contribution in [2.45, 2.75) is 32.0 Å². The molecule has 1 aliphatic rings. The van der Waals surface area contributed by atoms with Gasteiger partial charge < -0.3 is 15.1 Å². The lowest BCUT2D eigenvalue weighted by Crippen LogP contribution is -2.32. The molecule has 1 aliphatic heterocycles. The molecular formula is C20H23N5O3. The number of benzene rings is 1. The van der Waals surface area contributed by atoms with Gasteiger partial charge in [0.2, 0.25) is 5.91 Å². The number of amides is 1. The van der Waals surface area contributed by atoms with Gasteiger partial charge >= 0.3 is 0 Å². The first-order chi connectivity index (χ1) is 13.5. The molecule has 2 aromatic heterocycles. The van der Waals surface area contributed by atoms with E-state index in [0.717, 1.165) is 17.7 Å². The van der Waals surface area contributed by atoms with Crippen molar-refractivity contribution in [1.82, 2.24) is 24.5 Å². The number of hydrogen-bond donors (Lipinski definition) is 2. The lowest BCUT2D eigenvalue weighted by Gasteiger charge is -2.20. The van der Waals surface area contributed by atoms with Crippen molar-refractivity contribution in [2.75, 3.05) is 6.54 Å². The van der Waals surface area contributed by atoms with Crippen LogP contribution in [-0.2, 0) is 31.4 Å². The molecule has 1 aromatic carbocycles. The van der Waals surface area contributed by atoms with Gasteiger partial charge in [0.15, 0.2) is 0 Å². The average Bonchev–Trinajstić information content (AvgIpc) is 3.21. The van der Waals surface area contributed by atoms with Gasteiger partial charge in [-0.05, 0) is 36.2 Å². The van der Waals surface area contributed by atoms with Crippen LogP contribution in [0.1, 0.15) is 35.2 Å². The number of hydrogen-bond acceptors (Lipinski definition) is 5. The number of nitrogens with zero attached hydrogens (tertiary/aromatic N) is 5. The molecule has 0 spiro atoms. The normalized spacial score (nSPS) is 15.1. The number of carbonyl (C=O) groups is 1. The second kappa shape index (κ2) is 7.47. The summed E-state index contributed by atoms with van der Waals surface area (Å²) in [4.78, 5) is 14.6. The van der Waals surface area contributed by atoms with Gasteiger partial charge in [-0.25, -0.2) is 0 Å². The molecular weight excluding hydrogens is 358 g/mol. The molecule has 1 atom stereocenters. The van der Waals surface area contributed by atoms with Crippen molar-refractivity contribution >= 4 is 5.91 Å². The standard InChI is InChI=1S/C20H23N5O3/c1-23-18(6-7-21-23)20(28)17-12-15-13-24(8-3-9-25(15)22-17)19(27)11-14-4-2-5-16(26)10-14/h2,4-7,10,12,20,26,28H,3,8-9,11,13H2,1H3/t20-/m1/s1. The first kappa shape index (κ1) is 18.2. The number of rotatable bonds is 4. The van der Waals surface area contributed by atoms with Crippen LogP contribution in [0.15, 0.2) is 42.6 Å². The zero-order valence-corrected chi connectivity index (χ0v) is 15.7. The van der Waals surface area contributed by atoms with E-state index in [1.807, 2.05) is 21.7 Å². The fourth-order valence-corrected chi connectivity index (χ4v) is 3.59. The second-order valence-corrected chi connectivity index (χ2v) is 7.08. The largest absolute Gasteiger partial charge is 0.508 e. The number of aliphatic hydroxyl groups excluding tert-OH is 1. The molecule has 0 saturated heterocycles. The molecule has 4 rings (SSSR count). The Kier molecular flexibility index (Phi) is 4.87. The van der Waals surface area contributed by atoms with Gasteiger partial charge in [0, 0.05) is 26.3 Å². The Morgan fingerprint density at radius 2 is 2.11 bits per heavy atom. The second-order valence-electron chi connectivity index (χ2n) is 7.08. The summed E-state index contributed by atoms with van der Waals surface area (Å²) in [6.45, 7) is 1.80. The molecule has 8 heteroatoms. The maximum absolute atomic E-state index is 12.8. The predicted octanol–water partition coefficient (Wildman–Crippen LogP) is 1.38. The van der Waals surface area contributed by atoms with E-state index in [1.165, 1.54) is 0 Å². The smallest absolute Gasteiger partial charge is 0.227 e. The van der Waals surface area contributed by atoms with Crippen LogP contribution in [-0.4, -0.2) is 47.1 Å². The lowest BCUT2D eigenvalue weighted by atomic mass is 10.1. The van der Waals surface area contributed by atoms with Crippen molar-refractivity contribution in [2.24, 2.45) is 7.05 Å². The van der Waals surface area contributed by atoms with E-state index in [4.69, 9.17) is 0 Å². The molecule has 28 heavy (non-hydrogen) atoms. The van der Waals surface area contributed by atoms with Gasteiger partial charge in [-0.15, -0.1) is 0 Å². The van der Waals surface area contributed by atoms with Crippen LogP contribution in [0.5, 0.6) is 5.75 Å². The summed E-state index contributed by atoms with van der Waals surface area (Å²) in [5.41, 5.74) is 2.92. The Labute approximate surface area is 162 Å². The van der Waals surface area contributed by atoms with Crippen LogP contribution < -0.4 is 0 Å². The first-order valence-electron chi connectivity index (χ1n) is 9.29. The van der Waals surface area contributed by atoms with Gasteiger partial charge in [-0.1, -0.05) is 12.1 Å². The maximum atomic E-state index is 12.8. The number of aromatic nitrogens is 4. The number of aryl methyl sites for hydroxylation is 2.